The number of aromatic nitrogens is 1. The second-order valence-electron chi connectivity index (χ2n) is 6.49. The minimum atomic E-state index is -0.787. The molecule has 1 aromatic carbocycles. The van der Waals surface area contributed by atoms with Crippen molar-refractivity contribution in [3.63, 3.8) is 0 Å². The average Bonchev–Trinajstić information content (AvgIpc) is 2.73. The quantitative estimate of drug-likeness (QED) is 0.792. The molecule has 1 aliphatic rings. The fourth-order valence-electron chi connectivity index (χ4n) is 3.19. The highest BCUT2D eigenvalue weighted by molar-refractivity contribution is 5.86. The Bertz CT molecular complexity index is 795. The Balaban J connectivity index is 1.75. The predicted octanol–water partition coefficient (Wildman–Crippen LogP) is 2.09. The molecule has 0 bridgehead atoms. The normalized spacial score (nSPS) is 19.0. The summed E-state index contributed by atoms with van der Waals surface area (Å²) in [6.07, 6.45) is 2.50. The first kappa shape index (κ1) is 19.8. The maximum absolute atomic E-state index is 13.2. The Kier molecular flexibility index (Phi) is 6.60. The summed E-state index contributed by atoms with van der Waals surface area (Å²) < 4.78 is 11.1. The Morgan fingerprint density at radius 3 is 2.71 bits per heavy atom. The van der Waals surface area contributed by atoms with E-state index in [-0.39, 0.29) is 18.4 Å². The van der Waals surface area contributed by atoms with Crippen LogP contribution in [0.4, 0.5) is 0 Å². The highest BCUT2D eigenvalue weighted by Crippen LogP contribution is 2.24. The summed E-state index contributed by atoms with van der Waals surface area (Å²) in [5.74, 6) is 0.397. The molecule has 0 aliphatic carbocycles. The number of likely N-dealkylation sites (N-methyl/N-ethyl adjacent to an activating group) is 1. The van der Waals surface area contributed by atoms with Crippen molar-refractivity contribution in [1.82, 2.24) is 15.2 Å². The summed E-state index contributed by atoms with van der Waals surface area (Å²) in [5, 5.41) is 2.86. The van der Waals surface area contributed by atoms with E-state index in [0.717, 1.165) is 16.9 Å². The number of hydrogen-bond acceptors (Lipinski definition) is 5. The van der Waals surface area contributed by atoms with Crippen LogP contribution >= 0.6 is 0 Å². The second kappa shape index (κ2) is 9.32. The van der Waals surface area contributed by atoms with Gasteiger partial charge in [-0.05, 0) is 43.2 Å². The van der Waals surface area contributed by atoms with E-state index in [4.69, 9.17) is 9.47 Å². The van der Waals surface area contributed by atoms with Gasteiger partial charge in [0.25, 0.3) is 5.91 Å². The summed E-state index contributed by atoms with van der Waals surface area (Å²) in [6, 6.07) is 10.7. The molecular weight excluding hydrogens is 358 g/mol. The van der Waals surface area contributed by atoms with E-state index in [2.05, 4.69) is 10.3 Å². The first-order chi connectivity index (χ1) is 13.6. The number of nitrogens with zero attached hydrogens (tertiary/aromatic N) is 2. The van der Waals surface area contributed by atoms with Crippen molar-refractivity contribution in [2.75, 3.05) is 19.8 Å². The monoisotopic (exact) mass is 383 g/mol. The van der Waals surface area contributed by atoms with Gasteiger partial charge in [0.2, 0.25) is 5.91 Å². The lowest BCUT2D eigenvalue weighted by Crippen LogP contribution is -2.53. The van der Waals surface area contributed by atoms with Crippen LogP contribution in [0.1, 0.15) is 31.0 Å². The lowest BCUT2D eigenvalue weighted by molar-refractivity contribution is -0.155. The summed E-state index contributed by atoms with van der Waals surface area (Å²) in [4.78, 5) is 30.8. The van der Waals surface area contributed by atoms with Gasteiger partial charge in [0.1, 0.15) is 12.4 Å². The minimum Gasteiger partial charge on any atom is -0.494 e. The number of hydrogen-bond donors (Lipinski definition) is 1. The Labute approximate surface area is 164 Å². The number of amides is 2. The van der Waals surface area contributed by atoms with Gasteiger partial charge >= 0.3 is 0 Å². The molecule has 2 atom stereocenters. The molecule has 1 aliphatic heterocycles. The van der Waals surface area contributed by atoms with Crippen molar-refractivity contribution in [2.45, 2.75) is 32.5 Å². The van der Waals surface area contributed by atoms with Crippen molar-refractivity contribution >= 4 is 11.8 Å². The number of carbonyl (C=O) groups excluding carboxylic acids is 2. The van der Waals surface area contributed by atoms with Gasteiger partial charge in [-0.3, -0.25) is 14.6 Å². The van der Waals surface area contributed by atoms with E-state index in [1.807, 2.05) is 44.2 Å². The number of ether oxygens (including phenoxy) is 2. The number of nitrogens with one attached hydrogen (secondary N) is 1. The van der Waals surface area contributed by atoms with Crippen molar-refractivity contribution in [1.29, 1.82) is 0 Å². The molecule has 2 heterocycles. The second-order valence-corrected chi connectivity index (χ2v) is 6.49. The van der Waals surface area contributed by atoms with Crippen molar-refractivity contribution in [3.05, 3.63) is 59.9 Å². The van der Waals surface area contributed by atoms with E-state index in [0.29, 0.717) is 19.7 Å². The molecule has 1 aromatic heterocycles. The molecular formula is C21H25N3O4. The molecule has 0 radical (unpaired) electrons. The first-order valence-electron chi connectivity index (χ1n) is 9.43. The molecule has 1 fully saturated rings. The number of rotatable bonds is 7. The molecule has 0 saturated carbocycles. The highest BCUT2D eigenvalue weighted by Gasteiger charge is 2.38. The molecule has 3 rings (SSSR count). The van der Waals surface area contributed by atoms with Crippen LogP contribution in [0.2, 0.25) is 0 Å². The standard InChI is InChI=1S/C21H25N3O4/c1-3-24(13-15-7-9-17(10-8-15)27-4-2)21(26)20-19(23-18(25)14-28-20)16-6-5-11-22-12-16/h5-12,19-20H,3-4,13-14H2,1-2H3,(H,23,25)/t19-,20+/m1/s1. The van der Waals surface area contributed by atoms with Crippen molar-refractivity contribution in [2.24, 2.45) is 0 Å². The number of pyridine rings is 1. The van der Waals surface area contributed by atoms with E-state index in [1.54, 1.807) is 23.4 Å². The van der Waals surface area contributed by atoms with Crippen LogP contribution < -0.4 is 10.1 Å². The third-order valence-electron chi connectivity index (χ3n) is 4.60. The zero-order valence-electron chi connectivity index (χ0n) is 16.1. The molecule has 1 N–H and O–H groups in total. The summed E-state index contributed by atoms with van der Waals surface area (Å²) in [7, 11) is 0. The maximum Gasteiger partial charge on any atom is 0.254 e. The van der Waals surface area contributed by atoms with E-state index in [9.17, 15) is 9.59 Å². The lowest BCUT2D eigenvalue weighted by atomic mass is 10.00. The third-order valence-corrected chi connectivity index (χ3v) is 4.60. The molecule has 148 valence electrons. The van der Waals surface area contributed by atoms with Crippen LogP contribution in [-0.4, -0.2) is 47.6 Å². The van der Waals surface area contributed by atoms with Gasteiger partial charge in [-0.15, -0.1) is 0 Å². The predicted molar refractivity (Wildman–Crippen MR) is 104 cm³/mol. The van der Waals surface area contributed by atoms with Gasteiger partial charge in [0.05, 0.1) is 12.6 Å². The zero-order valence-corrected chi connectivity index (χ0v) is 16.1. The summed E-state index contributed by atoms with van der Waals surface area (Å²) in [6.45, 7) is 5.32. The molecule has 0 spiro atoms. The molecule has 2 aromatic rings. The Morgan fingerprint density at radius 1 is 1.29 bits per heavy atom. The number of morpholine rings is 1. The van der Waals surface area contributed by atoms with Gasteiger partial charge in [-0.2, -0.15) is 0 Å². The van der Waals surface area contributed by atoms with E-state index < -0.39 is 12.1 Å². The molecule has 1 saturated heterocycles. The number of carbonyl (C=O) groups is 2. The van der Waals surface area contributed by atoms with Crippen LogP contribution in [0, 0.1) is 0 Å². The first-order valence-corrected chi connectivity index (χ1v) is 9.43. The average molecular weight is 383 g/mol. The maximum atomic E-state index is 13.2. The van der Waals surface area contributed by atoms with Crippen LogP contribution in [0.5, 0.6) is 5.75 Å². The fourth-order valence-corrected chi connectivity index (χ4v) is 3.19. The lowest BCUT2D eigenvalue weighted by Gasteiger charge is -2.34. The Morgan fingerprint density at radius 2 is 2.07 bits per heavy atom. The minimum absolute atomic E-state index is 0.131. The Hall–Kier alpha value is -2.93. The SMILES string of the molecule is CCOc1ccc(CN(CC)C(=O)[C@H]2OCC(=O)N[C@@H]2c2cccnc2)cc1. The summed E-state index contributed by atoms with van der Waals surface area (Å²) in [5.41, 5.74) is 1.74. The largest absolute Gasteiger partial charge is 0.494 e. The molecule has 0 unspecified atom stereocenters. The molecule has 2 amide bonds. The van der Waals surface area contributed by atoms with Crippen LogP contribution in [-0.2, 0) is 20.9 Å². The number of benzene rings is 1. The van der Waals surface area contributed by atoms with Crippen LogP contribution in [0.3, 0.4) is 0 Å². The molecule has 28 heavy (non-hydrogen) atoms. The van der Waals surface area contributed by atoms with Crippen LogP contribution in [0.15, 0.2) is 48.8 Å². The van der Waals surface area contributed by atoms with E-state index >= 15 is 0 Å². The summed E-state index contributed by atoms with van der Waals surface area (Å²) >= 11 is 0. The molecule has 7 heteroatoms. The van der Waals surface area contributed by atoms with Crippen molar-refractivity contribution in [3.8, 4) is 5.75 Å². The van der Waals surface area contributed by atoms with E-state index in [1.165, 1.54) is 0 Å². The fraction of sp³-hybridized carbons (Fsp3) is 0.381. The van der Waals surface area contributed by atoms with Gasteiger partial charge in [0.15, 0.2) is 6.10 Å². The van der Waals surface area contributed by atoms with Gasteiger partial charge < -0.3 is 19.7 Å². The van der Waals surface area contributed by atoms with Crippen LogP contribution in [0.25, 0.3) is 0 Å². The third kappa shape index (κ3) is 4.67. The highest BCUT2D eigenvalue weighted by atomic mass is 16.5. The topological polar surface area (TPSA) is 80.8 Å². The zero-order chi connectivity index (χ0) is 19.9. The van der Waals surface area contributed by atoms with Crippen molar-refractivity contribution < 1.29 is 19.1 Å². The van der Waals surface area contributed by atoms with Gasteiger partial charge in [0, 0.05) is 25.5 Å². The molecule has 7 nitrogen and oxygen atoms in total. The smallest absolute Gasteiger partial charge is 0.254 e. The van der Waals surface area contributed by atoms with Gasteiger partial charge in [-0.25, -0.2) is 0 Å². The van der Waals surface area contributed by atoms with Gasteiger partial charge in [-0.1, -0.05) is 18.2 Å².